The van der Waals surface area contributed by atoms with E-state index in [0.717, 1.165) is 24.7 Å². The molecule has 2 aliphatic rings. The monoisotopic (exact) mass is 122 g/mol. The SMILES string of the molecule is O=C1C=C[C@@H]2C[C@@H]2CC1. The fourth-order valence-electron chi connectivity index (χ4n) is 1.48. The van der Waals surface area contributed by atoms with E-state index in [1.54, 1.807) is 6.08 Å². The Balaban J connectivity index is 2.11. The van der Waals surface area contributed by atoms with Gasteiger partial charge in [-0.2, -0.15) is 0 Å². The van der Waals surface area contributed by atoms with Gasteiger partial charge in [-0.3, -0.25) is 4.79 Å². The molecule has 0 unspecified atom stereocenters. The molecule has 2 aliphatic carbocycles. The van der Waals surface area contributed by atoms with Gasteiger partial charge in [-0.1, -0.05) is 6.08 Å². The topological polar surface area (TPSA) is 17.1 Å². The van der Waals surface area contributed by atoms with Crippen LogP contribution in [0.4, 0.5) is 0 Å². The van der Waals surface area contributed by atoms with Crippen molar-refractivity contribution in [2.75, 3.05) is 0 Å². The zero-order valence-electron chi connectivity index (χ0n) is 5.34. The maximum atomic E-state index is 10.8. The molecule has 0 aromatic carbocycles. The van der Waals surface area contributed by atoms with E-state index >= 15 is 0 Å². The predicted octanol–water partition coefficient (Wildman–Crippen LogP) is 1.54. The number of fused-ring (bicyclic) bond motifs is 1. The molecule has 2 atom stereocenters. The third-order valence-corrected chi connectivity index (χ3v) is 2.27. The molecule has 0 bridgehead atoms. The molecule has 1 heteroatoms. The molecular weight excluding hydrogens is 112 g/mol. The Bertz CT molecular complexity index is 169. The number of carbonyl (C=O) groups excluding carboxylic acids is 1. The van der Waals surface area contributed by atoms with Crippen LogP contribution in [0.25, 0.3) is 0 Å². The predicted molar refractivity (Wildman–Crippen MR) is 35.0 cm³/mol. The second-order valence-electron chi connectivity index (χ2n) is 3.02. The van der Waals surface area contributed by atoms with E-state index in [0.29, 0.717) is 5.78 Å². The Morgan fingerprint density at radius 2 is 2.44 bits per heavy atom. The first kappa shape index (κ1) is 5.21. The van der Waals surface area contributed by atoms with Crippen LogP contribution < -0.4 is 0 Å². The van der Waals surface area contributed by atoms with Gasteiger partial charge in [0.25, 0.3) is 0 Å². The van der Waals surface area contributed by atoms with E-state index in [-0.39, 0.29) is 0 Å². The van der Waals surface area contributed by atoms with Crippen molar-refractivity contribution in [3.05, 3.63) is 12.2 Å². The summed E-state index contributed by atoms with van der Waals surface area (Å²) in [6.07, 6.45) is 7.11. The van der Waals surface area contributed by atoms with Gasteiger partial charge < -0.3 is 0 Å². The zero-order valence-corrected chi connectivity index (χ0v) is 5.34. The van der Waals surface area contributed by atoms with Crippen molar-refractivity contribution in [1.29, 1.82) is 0 Å². The minimum atomic E-state index is 0.321. The van der Waals surface area contributed by atoms with Crippen molar-refractivity contribution in [1.82, 2.24) is 0 Å². The lowest BCUT2D eigenvalue weighted by molar-refractivity contribution is -0.114. The second-order valence-corrected chi connectivity index (χ2v) is 3.02. The number of hydrogen-bond acceptors (Lipinski definition) is 1. The number of hydrogen-bond donors (Lipinski definition) is 0. The van der Waals surface area contributed by atoms with Crippen LogP contribution in [-0.2, 0) is 4.79 Å². The lowest BCUT2D eigenvalue weighted by Gasteiger charge is -1.88. The average molecular weight is 122 g/mol. The third kappa shape index (κ3) is 0.913. The van der Waals surface area contributed by atoms with Crippen LogP contribution in [0.15, 0.2) is 12.2 Å². The number of ketones is 1. The molecule has 48 valence electrons. The summed E-state index contributed by atoms with van der Waals surface area (Å²) in [6, 6.07) is 0. The van der Waals surface area contributed by atoms with Crippen molar-refractivity contribution >= 4 is 5.78 Å². The lowest BCUT2D eigenvalue weighted by atomic mass is 10.2. The quantitative estimate of drug-likeness (QED) is 0.476. The Morgan fingerprint density at radius 1 is 1.56 bits per heavy atom. The fraction of sp³-hybridized carbons (Fsp3) is 0.625. The summed E-state index contributed by atoms with van der Waals surface area (Å²) < 4.78 is 0. The minimum Gasteiger partial charge on any atom is -0.295 e. The summed E-state index contributed by atoms with van der Waals surface area (Å²) in [7, 11) is 0. The molecule has 1 saturated carbocycles. The molecule has 0 amide bonds. The number of carbonyl (C=O) groups is 1. The smallest absolute Gasteiger partial charge is 0.155 e. The van der Waals surface area contributed by atoms with E-state index in [1.807, 2.05) is 0 Å². The van der Waals surface area contributed by atoms with Crippen molar-refractivity contribution < 1.29 is 4.79 Å². The third-order valence-electron chi connectivity index (χ3n) is 2.27. The van der Waals surface area contributed by atoms with E-state index in [2.05, 4.69) is 6.08 Å². The molecule has 1 nitrogen and oxygen atoms in total. The number of rotatable bonds is 0. The van der Waals surface area contributed by atoms with E-state index in [4.69, 9.17) is 0 Å². The van der Waals surface area contributed by atoms with Crippen LogP contribution in [0.5, 0.6) is 0 Å². The van der Waals surface area contributed by atoms with Crippen LogP contribution in [0, 0.1) is 11.8 Å². The van der Waals surface area contributed by atoms with Crippen molar-refractivity contribution in [3.63, 3.8) is 0 Å². The average Bonchev–Trinajstić information content (AvgIpc) is 2.54. The van der Waals surface area contributed by atoms with Crippen molar-refractivity contribution in [2.24, 2.45) is 11.8 Å². The van der Waals surface area contributed by atoms with Crippen LogP contribution in [0.3, 0.4) is 0 Å². The highest BCUT2D eigenvalue weighted by molar-refractivity contribution is 5.90. The zero-order chi connectivity index (χ0) is 6.27. The molecule has 0 heterocycles. The van der Waals surface area contributed by atoms with Crippen LogP contribution in [0.2, 0.25) is 0 Å². The molecule has 0 radical (unpaired) electrons. The Kier molecular flexibility index (Phi) is 0.981. The van der Waals surface area contributed by atoms with Crippen molar-refractivity contribution in [2.45, 2.75) is 19.3 Å². The van der Waals surface area contributed by atoms with Gasteiger partial charge in [0.1, 0.15) is 0 Å². The maximum Gasteiger partial charge on any atom is 0.155 e. The van der Waals surface area contributed by atoms with Gasteiger partial charge >= 0.3 is 0 Å². The molecule has 0 spiro atoms. The van der Waals surface area contributed by atoms with Gasteiger partial charge in [0, 0.05) is 6.42 Å². The standard InChI is InChI=1S/C8H10O/c9-8-3-1-6-5-7(6)2-4-8/h1,3,6-7H,2,4-5H2/t6-,7+/m1/s1. The molecule has 0 aromatic rings. The lowest BCUT2D eigenvalue weighted by Crippen LogP contribution is -1.90. The van der Waals surface area contributed by atoms with Crippen LogP contribution >= 0.6 is 0 Å². The molecule has 0 aromatic heterocycles. The molecule has 0 N–H and O–H groups in total. The normalized spacial score (nSPS) is 39.8. The van der Waals surface area contributed by atoms with Crippen LogP contribution in [-0.4, -0.2) is 5.78 Å². The summed E-state index contributed by atoms with van der Waals surface area (Å²) in [6.45, 7) is 0. The molecule has 0 saturated heterocycles. The minimum absolute atomic E-state index is 0.321. The summed E-state index contributed by atoms with van der Waals surface area (Å²) in [4.78, 5) is 10.8. The van der Waals surface area contributed by atoms with Gasteiger partial charge in [0.2, 0.25) is 0 Å². The molecule has 1 fully saturated rings. The van der Waals surface area contributed by atoms with E-state index in [9.17, 15) is 4.79 Å². The first-order valence-corrected chi connectivity index (χ1v) is 3.57. The second kappa shape index (κ2) is 1.69. The van der Waals surface area contributed by atoms with Gasteiger partial charge in [0.15, 0.2) is 5.78 Å². The van der Waals surface area contributed by atoms with Crippen LogP contribution in [0.1, 0.15) is 19.3 Å². The Labute approximate surface area is 54.8 Å². The summed E-state index contributed by atoms with van der Waals surface area (Å²) in [5.74, 6) is 1.96. The van der Waals surface area contributed by atoms with Gasteiger partial charge in [0.05, 0.1) is 0 Å². The molecule has 0 aliphatic heterocycles. The van der Waals surface area contributed by atoms with Gasteiger partial charge in [-0.05, 0) is 30.8 Å². The Morgan fingerprint density at radius 3 is 3.33 bits per heavy atom. The molecule has 9 heavy (non-hydrogen) atoms. The first-order valence-electron chi connectivity index (χ1n) is 3.57. The maximum absolute atomic E-state index is 10.8. The largest absolute Gasteiger partial charge is 0.295 e. The highest BCUT2D eigenvalue weighted by Crippen LogP contribution is 2.44. The van der Waals surface area contributed by atoms with E-state index < -0.39 is 0 Å². The number of allylic oxidation sites excluding steroid dienone is 2. The van der Waals surface area contributed by atoms with Gasteiger partial charge in [-0.15, -0.1) is 0 Å². The summed E-state index contributed by atoms with van der Waals surface area (Å²) >= 11 is 0. The highest BCUT2D eigenvalue weighted by atomic mass is 16.1. The van der Waals surface area contributed by atoms with Crippen molar-refractivity contribution in [3.8, 4) is 0 Å². The molecular formula is C8H10O. The summed E-state index contributed by atoms with van der Waals surface area (Å²) in [5.41, 5.74) is 0. The Hall–Kier alpha value is -0.590. The van der Waals surface area contributed by atoms with Gasteiger partial charge in [-0.25, -0.2) is 0 Å². The summed E-state index contributed by atoms with van der Waals surface area (Å²) in [5, 5.41) is 0. The van der Waals surface area contributed by atoms with E-state index in [1.165, 1.54) is 6.42 Å². The highest BCUT2D eigenvalue weighted by Gasteiger charge is 2.35. The fourth-order valence-corrected chi connectivity index (χ4v) is 1.48. The molecule has 2 rings (SSSR count). The first-order chi connectivity index (χ1) is 4.36.